The van der Waals surface area contributed by atoms with Crippen LogP contribution >= 0.6 is 15.9 Å². The highest BCUT2D eigenvalue weighted by Crippen LogP contribution is 2.23. The lowest BCUT2D eigenvalue weighted by atomic mass is 10.2. The molecule has 5 nitrogen and oxygen atoms in total. The molecule has 0 fully saturated rings. The molecule has 0 spiro atoms. The minimum absolute atomic E-state index is 0.0940. The van der Waals surface area contributed by atoms with Crippen LogP contribution in [0.25, 0.3) is 0 Å². The topological polar surface area (TPSA) is 71.1 Å². The van der Waals surface area contributed by atoms with Gasteiger partial charge in [0.2, 0.25) is 10.0 Å². The maximum absolute atomic E-state index is 12.4. The molecule has 1 unspecified atom stereocenters. The van der Waals surface area contributed by atoms with Crippen molar-refractivity contribution in [3.63, 3.8) is 0 Å². The molecule has 0 aromatic carbocycles. The minimum Gasteiger partial charge on any atom is -0.369 e. The van der Waals surface area contributed by atoms with E-state index in [-0.39, 0.29) is 10.9 Å². The van der Waals surface area contributed by atoms with Gasteiger partial charge in [-0.1, -0.05) is 13.3 Å². The van der Waals surface area contributed by atoms with E-state index in [2.05, 4.69) is 31.0 Å². The van der Waals surface area contributed by atoms with Crippen LogP contribution in [0.4, 0.5) is 5.82 Å². The molecule has 0 amide bonds. The second kappa shape index (κ2) is 7.21. The number of sulfonamides is 1. The molecule has 1 rings (SSSR count). The van der Waals surface area contributed by atoms with Gasteiger partial charge < -0.3 is 5.32 Å². The summed E-state index contributed by atoms with van der Waals surface area (Å²) in [5.41, 5.74) is 0. The van der Waals surface area contributed by atoms with Gasteiger partial charge in [0, 0.05) is 23.3 Å². The van der Waals surface area contributed by atoms with Crippen molar-refractivity contribution >= 4 is 31.8 Å². The maximum Gasteiger partial charge on any atom is 0.244 e. The van der Waals surface area contributed by atoms with E-state index in [0.717, 1.165) is 12.8 Å². The number of halogens is 1. The van der Waals surface area contributed by atoms with E-state index in [4.69, 9.17) is 0 Å². The van der Waals surface area contributed by atoms with Gasteiger partial charge in [0.1, 0.15) is 10.7 Å². The van der Waals surface area contributed by atoms with Crippen LogP contribution in [-0.4, -0.2) is 26.0 Å². The van der Waals surface area contributed by atoms with Gasteiger partial charge in [0.15, 0.2) is 0 Å². The Labute approximate surface area is 123 Å². The first kappa shape index (κ1) is 16.4. The van der Waals surface area contributed by atoms with Crippen LogP contribution < -0.4 is 10.0 Å². The third-order valence-corrected chi connectivity index (χ3v) is 4.57. The van der Waals surface area contributed by atoms with Crippen molar-refractivity contribution in [2.75, 3.05) is 11.9 Å². The van der Waals surface area contributed by atoms with E-state index >= 15 is 0 Å². The first-order chi connectivity index (χ1) is 8.90. The zero-order chi connectivity index (χ0) is 14.5. The van der Waals surface area contributed by atoms with Gasteiger partial charge in [0.25, 0.3) is 0 Å². The Morgan fingerprint density at radius 2 is 2.11 bits per heavy atom. The summed E-state index contributed by atoms with van der Waals surface area (Å²) in [6.07, 6.45) is 3.31. The zero-order valence-corrected chi connectivity index (χ0v) is 13.8. The molecule has 1 aromatic rings. The van der Waals surface area contributed by atoms with Gasteiger partial charge in [-0.25, -0.2) is 18.1 Å². The Morgan fingerprint density at radius 1 is 1.42 bits per heavy atom. The Morgan fingerprint density at radius 3 is 2.68 bits per heavy atom. The summed E-state index contributed by atoms with van der Waals surface area (Å²) >= 11 is 3.25. The lowest BCUT2D eigenvalue weighted by Gasteiger charge is -2.15. The molecular formula is C12H20BrN3O2S. The third-order valence-electron chi connectivity index (χ3n) is 2.53. The molecule has 0 saturated carbocycles. The molecule has 0 saturated heterocycles. The highest BCUT2D eigenvalue weighted by atomic mass is 79.9. The van der Waals surface area contributed by atoms with Gasteiger partial charge in [-0.15, -0.1) is 0 Å². The summed E-state index contributed by atoms with van der Waals surface area (Å²) in [6, 6.07) is 1.47. The van der Waals surface area contributed by atoms with Crippen molar-refractivity contribution in [2.24, 2.45) is 0 Å². The van der Waals surface area contributed by atoms with Crippen molar-refractivity contribution < 1.29 is 8.42 Å². The molecule has 0 aliphatic carbocycles. The summed E-state index contributed by atoms with van der Waals surface area (Å²) in [5.74, 6) is 0.377. The van der Waals surface area contributed by atoms with E-state index in [1.807, 2.05) is 20.8 Å². The Balaban J connectivity index is 3.08. The van der Waals surface area contributed by atoms with Gasteiger partial charge in [-0.3, -0.25) is 0 Å². The van der Waals surface area contributed by atoms with E-state index < -0.39 is 10.0 Å². The quantitative estimate of drug-likeness (QED) is 0.793. The minimum atomic E-state index is -3.56. The summed E-state index contributed by atoms with van der Waals surface area (Å²) in [6.45, 7) is 6.39. The van der Waals surface area contributed by atoms with E-state index in [1.165, 1.54) is 0 Å². The van der Waals surface area contributed by atoms with Crippen LogP contribution in [-0.2, 0) is 10.0 Å². The fourth-order valence-electron chi connectivity index (χ4n) is 1.75. The highest BCUT2D eigenvalue weighted by Gasteiger charge is 2.21. The summed E-state index contributed by atoms with van der Waals surface area (Å²) < 4.78 is 28.0. The SMILES string of the molecule is CCCC(C)NS(=O)(=O)c1cc(Br)cnc1NCC. The van der Waals surface area contributed by atoms with Crippen LogP contribution in [0.5, 0.6) is 0 Å². The fraction of sp³-hybridized carbons (Fsp3) is 0.583. The molecule has 7 heteroatoms. The second-order valence-electron chi connectivity index (χ2n) is 4.34. The number of rotatable bonds is 7. The normalized spacial score (nSPS) is 13.3. The lowest BCUT2D eigenvalue weighted by Crippen LogP contribution is -2.33. The molecule has 1 aromatic heterocycles. The second-order valence-corrected chi connectivity index (χ2v) is 6.94. The average Bonchev–Trinajstić information content (AvgIpc) is 2.31. The molecule has 1 heterocycles. The fourth-order valence-corrected chi connectivity index (χ4v) is 3.66. The number of hydrogen-bond acceptors (Lipinski definition) is 4. The zero-order valence-electron chi connectivity index (χ0n) is 11.4. The average molecular weight is 350 g/mol. The van der Waals surface area contributed by atoms with Crippen LogP contribution in [0.3, 0.4) is 0 Å². The van der Waals surface area contributed by atoms with E-state index in [0.29, 0.717) is 16.8 Å². The van der Waals surface area contributed by atoms with Gasteiger partial charge in [-0.2, -0.15) is 0 Å². The van der Waals surface area contributed by atoms with Crippen LogP contribution in [0.1, 0.15) is 33.6 Å². The maximum atomic E-state index is 12.4. The number of nitrogens with zero attached hydrogens (tertiary/aromatic N) is 1. The van der Waals surface area contributed by atoms with Gasteiger partial charge in [0.05, 0.1) is 0 Å². The van der Waals surface area contributed by atoms with Crippen molar-refractivity contribution in [3.05, 3.63) is 16.7 Å². The summed E-state index contributed by atoms with van der Waals surface area (Å²) in [4.78, 5) is 4.28. The highest BCUT2D eigenvalue weighted by molar-refractivity contribution is 9.10. The number of aromatic nitrogens is 1. The van der Waals surface area contributed by atoms with Crippen molar-refractivity contribution in [1.29, 1.82) is 0 Å². The summed E-state index contributed by atoms with van der Waals surface area (Å²) in [7, 11) is -3.56. The largest absolute Gasteiger partial charge is 0.369 e. The lowest BCUT2D eigenvalue weighted by molar-refractivity contribution is 0.544. The standard InChI is InChI=1S/C12H20BrN3O2S/c1-4-6-9(3)16-19(17,18)11-7-10(13)8-15-12(11)14-5-2/h7-9,16H,4-6H2,1-3H3,(H,14,15). The molecule has 2 N–H and O–H groups in total. The third kappa shape index (κ3) is 4.74. The number of nitrogens with one attached hydrogen (secondary N) is 2. The molecule has 0 aliphatic heterocycles. The first-order valence-corrected chi connectivity index (χ1v) is 8.60. The number of anilines is 1. The van der Waals surface area contributed by atoms with Crippen LogP contribution in [0.2, 0.25) is 0 Å². The number of pyridine rings is 1. The summed E-state index contributed by atoms with van der Waals surface area (Å²) in [5, 5.41) is 2.96. The van der Waals surface area contributed by atoms with Gasteiger partial charge >= 0.3 is 0 Å². The Kier molecular flexibility index (Phi) is 6.22. The predicted octanol–water partition coefficient (Wildman–Crippen LogP) is 2.74. The Bertz CT molecular complexity index is 520. The molecule has 108 valence electrons. The molecule has 19 heavy (non-hydrogen) atoms. The van der Waals surface area contributed by atoms with Crippen molar-refractivity contribution in [3.8, 4) is 0 Å². The van der Waals surface area contributed by atoms with Crippen LogP contribution in [0.15, 0.2) is 21.6 Å². The Hall–Kier alpha value is -0.660. The molecule has 0 aliphatic rings. The van der Waals surface area contributed by atoms with Crippen LogP contribution in [0, 0.1) is 0 Å². The molecule has 0 bridgehead atoms. The molecule has 1 atom stereocenters. The number of hydrogen-bond donors (Lipinski definition) is 2. The van der Waals surface area contributed by atoms with E-state index in [1.54, 1.807) is 12.3 Å². The van der Waals surface area contributed by atoms with E-state index in [9.17, 15) is 8.42 Å². The predicted molar refractivity (Wildman–Crippen MR) is 80.8 cm³/mol. The smallest absolute Gasteiger partial charge is 0.244 e. The first-order valence-electron chi connectivity index (χ1n) is 6.32. The van der Waals surface area contributed by atoms with Crippen molar-refractivity contribution in [2.45, 2.75) is 44.6 Å². The van der Waals surface area contributed by atoms with Crippen molar-refractivity contribution in [1.82, 2.24) is 9.71 Å². The molecular weight excluding hydrogens is 330 g/mol. The molecule has 0 radical (unpaired) electrons. The monoisotopic (exact) mass is 349 g/mol. The van der Waals surface area contributed by atoms with Gasteiger partial charge in [-0.05, 0) is 42.3 Å².